The number of hydrogen-bond donors (Lipinski definition) is 1. The second-order valence-electron chi connectivity index (χ2n) is 4.70. The van der Waals surface area contributed by atoms with Gasteiger partial charge in [0, 0.05) is 29.0 Å². The van der Waals surface area contributed by atoms with Crippen LogP contribution in [0.3, 0.4) is 0 Å². The molecule has 1 aromatic heterocycles. The monoisotopic (exact) mass is 266 g/mol. The van der Waals surface area contributed by atoms with E-state index >= 15 is 0 Å². The Labute approximate surface area is 110 Å². The van der Waals surface area contributed by atoms with Crippen molar-refractivity contribution in [3.63, 3.8) is 0 Å². The quantitative estimate of drug-likeness (QED) is 0.899. The van der Waals surface area contributed by atoms with Crippen molar-refractivity contribution in [3.8, 4) is 0 Å². The highest BCUT2D eigenvalue weighted by atomic mass is 35.5. The minimum Gasteiger partial charge on any atom is -0.300 e. The summed E-state index contributed by atoms with van der Waals surface area (Å²) in [4.78, 5) is 2.31. The first-order valence-corrected chi connectivity index (χ1v) is 7.06. The van der Waals surface area contributed by atoms with Gasteiger partial charge in [-0.05, 0) is 48.0 Å². The van der Waals surface area contributed by atoms with E-state index in [0.717, 1.165) is 24.7 Å². The number of halogens is 1. The number of hydrogen-bond acceptors (Lipinski definition) is 3. The van der Waals surface area contributed by atoms with E-state index < -0.39 is 0 Å². The van der Waals surface area contributed by atoms with Gasteiger partial charge in [-0.3, -0.25) is 10.2 Å². The number of thiophene rings is 1. The lowest BCUT2D eigenvalue weighted by Gasteiger charge is -2.09. The Morgan fingerprint density at radius 3 is 3.18 bits per heavy atom. The molecule has 2 nitrogen and oxygen atoms in total. The summed E-state index contributed by atoms with van der Waals surface area (Å²) in [5.41, 5.74) is 1.42. The van der Waals surface area contributed by atoms with Crippen molar-refractivity contribution >= 4 is 33.0 Å². The van der Waals surface area contributed by atoms with Gasteiger partial charge in [0.05, 0.1) is 0 Å². The molecule has 2 aromatic rings. The van der Waals surface area contributed by atoms with Crippen LogP contribution in [0.4, 0.5) is 0 Å². The van der Waals surface area contributed by atoms with Crippen LogP contribution < -0.4 is 5.32 Å². The van der Waals surface area contributed by atoms with Gasteiger partial charge in [0.1, 0.15) is 0 Å². The maximum Gasteiger partial charge on any atom is 0.0480 e. The molecule has 0 aliphatic carbocycles. The lowest BCUT2D eigenvalue weighted by atomic mass is 10.1. The van der Waals surface area contributed by atoms with Crippen LogP contribution in [0.2, 0.25) is 5.02 Å². The average Bonchev–Trinajstić information content (AvgIpc) is 2.87. The van der Waals surface area contributed by atoms with Gasteiger partial charge in [-0.25, -0.2) is 0 Å². The first kappa shape index (κ1) is 11.5. The number of likely N-dealkylation sites (N-methyl/N-ethyl adjacent to an activating group) is 1. The Morgan fingerprint density at radius 2 is 2.41 bits per heavy atom. The second kappa shape index (κ2) is 4.58. The zero-order chi connectivity index (χ0) is 11.8. The summed E-state index contributed by atoms with van der Waals surface area (Å²) in [7, 11) is 2.15. The molecule has 2 heterocycles. The fourth-order valence-corrected chi connectivity index (χ4v) is 3.53. The largest absolute Gasteiger partial charge is 0.300 e. The van der Waals surface area contributed by atoms with E-state index in [0.29, 0.717) is 6.04 Å². The van der Waals surface area contributed by atoms with Gasteiger partial charge >= 0.3 is 0 Å². The maximum absolute atomic E-state index is 6.07. The van der Waals surface area contributed by atoms with Crippen LogP contribution in [0.15, 0.2) is 23.6 Å². The van der Waals surface area contributed by atoms with Crippen LogP contribution in [-0.4, -0.2) is 31.2 Å². The Bertz CT molecular complexity index is 537. The fourth-order valence-electron chi connectivity index (χ4n) is 2.40. The zero-order valence-corrected chi connectivity index (χ0v) is 11.3. The highest BCUT2D eigenvalue weighted by molar-refractivity contribution is 7.17. The molecule has 0 bridgehead atoms. The molecule has 1 aliphatic rings. The highest BCUT2D eigenvalue weighted by Gasteiger charge is 2.19. The Hall–Kier alpha value is -0.610. The molecule has 0 spiro atoms. The SMILES string of the molecule is CN1CNC(Cc2csc3ccc(Cl)cc23)C1. The molecule has 1 N–H and O–H groups in total. The minimum absolute atomic E-state index is 0.566. The molecule has 0 amide bonds. The first-order valence-electron chi connectivity index (χ1n) is 5.80. The van der Waals surface area contributed by atoms with E-state index in [1.807, 2.05) is 6.07 Å². The molecule has 0 saturated carbocycles. The van der Waals surface area contributed by atoms with Gasteiger partial charge in [0.2, 0.25) is 0 Å². The Kier molecular flexibility index (Phi) is 3.09. The summed E-state index contributed by atoms with van der Waals surface area (Å²) in [5, 5.41) is 7.93. The van der Waals surface area contributed by atoms with Crippen molar-refractivity contribution in [2.45, 2.75) is 12.5 Å². The van der Waals surface area contributed by atoms with Crippen LogP contribution in [0, 0.1) is 0 Å². The molecule has 4 heteroatoms. The van der Waals surface area contributed by atoms with Crippen molar-refractivity contribution in [2.24, 2.45) is 0 Å². The predicted octanol–water partition coefficient (Wildman–Crippen LogP) is 2.96. The van der Waals surface area contributed by atoms with Gasteiger partial charge in [-0.2, -0.15) is 0 Å². The third kappa shape index (κ3) is 2.33. The topological polar surface area (TPSA) is 15.3 Å². The third-order valence-electron chi connectivity index (χ3n) is 3.26. The van der Waals surface area contributed by atoms with Crippen molar-refractivity contribution in [3.05, 3.63) is 34.2 Å². The standard InChI is InChI=1S/C13H15ClN2S/c1-16-6-11(15-8-16)4-9-7-17-13-3-2-10(14)5-12(9)13/h2-3,5,7,11,15H,4,6,8H2,1H3. The second-order valence-corrected chi connectivity index (χ2v) is 6.05. The molecule has 1 saturated heterocycles. The summed E-state index contributed by atoms with van der Waals surface area (Å²) >= 11 is 7.87. The molecule has 17 heavy (non-hydrogen) atoms. The van der Waals surface area contributed by atoms with Crippen LogP contribution >= 0.6 is 22.9 Å². The van der Waals surface area contributed by atoms with Crippen LogP contribution in [0.5, 0.6) is 0 Å². The summed E-state index contributed by atoms with van der Waals surface area (Å²) in [6.45, 7) is 2.12. The molecule has 1 fully saturated rings. The fraction of sp³-hybridized carbons (Fsp3) is 0.385. The Morgan fingerprint density at radius 1 is 1.53 bits per heavy atom. The molecule has 3 rings (SSSR count). The van der Waals surface area contributed by atoms with E-state index in [4.69, 9.17) is 11.6 Å². The van der Waals surface area contributed by atoms with Crippen molar-refractivity contribution in [1.82, 2.24) is 10.2 Å². The summed E-state index contributed by atoms with van der Waals surface area (Å²) < 4.78 is 1.33. The van der Waals surface area contributed by atoms with Crippen LogP contribution in [0.25, 0.3) is 10.1 Å². The zero-order valence-electron chi connectivity index (χ0n) is 9.74. The Balaban J connectivity index is 1.87. The molecule has 1 unspecified atom stereocenters. The summed E-state index contributed by atoms with van der Waals surface area (Å²) in [5.74, 6) is 0. The predicted molar refractivity (Wildman–Crippen MR) is 75.0 cm³/mol. The van der Waals surface area contributed by atoms with Crippen molar-refractivity contribution < 1.29 is 0 Å². The average molecular weight is 267 g/mol. The number of nitrogens with zero attached hydrogens (tertiary/aromatic N) is 1. The summed E-state index contributed by atoms with van der Waals surface area (Å²) in [6.07, 6.45) is 1.09. The number of nitrogens with one attached hydrogen (secondary N) is 1. The lowest BCUT2D eigenvalue weighted by Crippen LogP contribution is -2.25. The highest BCUT2D eigenvalue weighted by Crippen LogP contribution is 2.29. The molecular formula is C13H15ClN2S. The normalized spacial score (nSPS) is 21.4. The van der Waals surface area contributed by atoms with Crippen LogP contribution in [-0.2, 0) is 6.42 Å². The number of benzene rings is 1. The van der Waals surface area contributed by atoms with E-state index in [1.165, 1.54) is 15.6 Å². The number of rotatable bonds is 2. The molecule has 1 atom stereocenters. The maximum atomic E-state index is 6.07. The van der Waals surface area contributed by atoms with E-state index in [-0.39, 0.29) is 0 Å². The van der Waals surface area contributed by atoms with E-state index in [1.54, 1.807) is 11.3 Å². The lowest BCUT2D eigenvalue weighted by molar-refractivity contribution is 0.406. The van der Waals surface area contributed by atoms with Crippen molar-refractivity contribution in [1.29, 1.82) is 0 Å². The van der Waals surface area contributed by atoms with Crippen molar-refractivity contribution in [2.75, 3.05) is 20.3 Å². The minimum atomic E-state index is 0.566. The van der Waals surface area contributed by atoms with Gasteiger partial charge in [-0.1, -0.05) is 11.6 Å². The smallest absolute Gasteiger partial charge is 0.0480 e. The third-order valence-corrected chi connectivity index (χ3v) is 4.51. The molecule has 90 valence electrons. The molecule has 0 radical (unpaired) electrons. The van der Waals surface area contributed by atoms with Crippen LogP contribution in [0.1, 0.15) is 5.56 Å². The van der Waals surface area contributed by atoms with E-state index in [9.17, 15) is 0 Å². The van der Waals surface area contributed by atoms with Gasteiger partial charge in [0.25, 0.3) is 0 Å². The molecular weight excluding hydrogens is 252 g/mol. The van der Waals surface area contributed by atoms with Gasteiger partial charge < -0.3 is 0 Å². The number of fused-ring (bicyclic) bond motifs is 1. The van der Waals surface area contributed by atoms with E-state index in [2.05, 4.69) is 34.8 Å². The van der Waals surface area contributed by atoms with Gasteiger partial charge in [-0.15, -0.1) is 11.3 Å². The molecule has 1 aromatic carbocycles. The molecule has 1 aliphatic heterocycles. The first-order chi connectivity index (χ1) is 8.22. The summed E-state index contributed by atoms with van der Waals surface area (Å²) in [6, 6.07) is 6.73. The van der Waals surface area contributed by atoms with Gasteiger partial charge in [0.15, 0.2) is 0 Å².